The van der Waals surface area contributed by atoms with Gasteiger partial charge in [0.1, 0.15) is 17.4 Å². The molecule has 1 N–H and O–H groups in total. The van der Waals surface area contributed by atoms with Crippen molar-refractivity contribution in [1.82, 2.24) is 9.97 Å². The number of nitrogens with zero attached hydrogens (tertiary/aromatic N) is 2. The molecule has 0 spiro atoms. The fraction of sp³-hybridized carbons (Fsp3) is 0.231. The highest BCUT2D eigenvalue weighted by atomic mass is 19.4. The number of rotatable bonds is 4. The van der Waals surface area contributed by atoms with Crippen molar-refractivity contribution >= 4 is 5.82 Å². The third kappa shape index (κ3) is 4.04. The highest BCUT2D eigenvalue weighted by Gasteiger charge is 2.35. The van der Waals surface area contributed by atoms with E-state index in [9.17, 15) is 17.6 Å². The van der Waals surface area contributed by atoms with Crippen molar-refractivity contribution in [2.24, 2.45) is 0 Å². The Hall–Kier alpha value is -2.38. The molecule has 0 bridgehead atoms. The standard InChI is InChI=1S/C13H11F4N3O/c1-2-18-10-7-11(20-12(19-10)13(15,16)17)21-9-5-3-4-8(14)6-9/h3-7H,2H2,1H3,(H,18,19,20). The van der Waals surface area contributed by atoms with Gasteiger partial charge >= 0.3 is 6.18 Å². The molecular weight excluding hydrogens is 290 g/mol. The summed E-state index contributed by atoms with van der Waals surface area (Å²) in [5.41, 5.74) is 0. The van der Waals surface area contributed by atoms with Gasteiger partial charge in [-0.15, -0.1) is 0 Å². The minimum atomic E-state index is -4.70. The van der Waals surface area contributed by atoms with E-state index in [1.165, 1.54) is 24.3 Å². The van der Waals surface area contributed by atoms with Gasteiger partial charge in [-0.1, -0.05) is 6.07 Å². The van der Waals surface area contributed by atoms with E-state index >= 15 is 0 Å². The molecule has 0 aliphatic rings. The van der Waals surface area contributed by atoms with Gasteiger partial charge in [-0.25, -0.2) is 9.37 Å². The molecule has 0 saturated heterocycles. The molecule has 21 heavy (non-hydrogen) atoms. The van der Waals surface area contributed by atoms with Gasteiger partial charge in [0.05, 0.1) is 0 Å². The number of halogens is 4. The SMILES string of the molecule is CCNc1cc(Oc2cccc(F)c2)nc(C(F)(F)F)n1. The summed E-state index contributed by atoms with van der Waals surface area (Å²) in [5.74, 6) is -2.19. The third-order valence-corrected chi connectivity index (χ3v) is 2.33. The van der Waals surface area contributed by atoms with E-state index in [1.807, 2.05) is 0 Å². The van der Waals surface area contributed by atoms with Crippen LogP contribution in [-0.2, 0) is 6.18 Å². The van der Waals surface area contributed by atoms with Gasteiger partial charge in [0.2, 0.25) is 11.7 Å². The fourth-order valence-electron chi connectivity index (χ4n) is 1.53. The molecule has 4 nitrogen and oxygen atoms in total. The van der Waals surface area contributed by atoms with Crippen LogP contribution in [0.1, 0.15) is 12.7 Å². The van der Waals surface area contributed by atoms with Crippen molar-refractivity contribution in [3.05, 3.63) is 42.0 Å². The van der Waals surface area contributed by atoms with E-state index in [1.54, 1.807) is 6.92 Å². The van der Waals surface area contributed by atoms with Crippen molar-refractivity contribution in [2.45, 2.75) is 13.1 Å². The largest absolute Gasteiger partial charge is 0.451 e. The molecule has 0 fully saturated rings. The summed E-state index contributed by atoms with van der Waals surface area (Å²) < 4.78 is 56.4. The van der Waals surface area contributed by atoms with Gasteiger partial charge in [0, 0.05) is 18.7 Å². The monoisotopic (exact) mass is 301 g/mol. The molecule has 1 aromatic heterocycles. The van der Waals surface area contributed by atoms with Crippen LogP contribution in [0.2, 0.25) is 0 Å². The maximum atomic E-state index is 13.0. The van der Waals surface area contributed by atoms with Crippen molar-refractivity contribution < 1.29 is 22.3 Å². The molecule has 0 saturated carbocycles. The Balaban J connectivity index is 2.35. The van der Waals surface area contributed by atoms with Gasteiger partial charge in [0.25, 0.3) is 0 Å². The lowest BCUT2D eigenvalue weighted by molar-refractivity contribution is -0.145. The predicted molar refractivity (Wildman–Crippen MR) is 67.7 cm³/mol. The number of alkyl halides is 3. The van der Waals surface area contributed by atoms with Crippen LogP contribution >= 0.6 is 0 Å². The number of anilines is 1. The Kier molecular flexibility index (Phi) is 4.25. The first-order valence-corrected chi connectivity index (χ1v) is 6.02. The summed E-state index contributed by atoms with van der Waals surface area (Å²) in [6.07, 6.45) is -4.70. The number of aromatic nitrogens is 2. The Labute approximate surface area is 117 Å². The van der Waals surface area contributed by atoms with E-state index in [4.69, 9.17) is 4.74 Å². The molecule has 0 radical (unpaired) electrons. The zero-order valence-corrected chi connectivity index (χ0v) is 10.9. The summed E-state index contributed by atoms with van der Waals surface area (Å²) in [6.45, 7) is 2.09. The Morgan fingerprint density at radius 2 is 1.95 bits per heavy atom. The molecule has 2 aromatic rings. The predicted octanol–water partition coefficient (Wildman–Crippen LogP) is 3.86. The number of hydrogen-bond acceptors (Lipinski definition) is 4. The van der Waals surface area contributed by atoms with E-state index < -0.39 is 17.8 Å². The fourth-order valence-corrected chi connectivity index (χ4v) is 1.53. The van der Waals surface area contributed by atoms with Crippen LogP contribution in [0.15, 0.2) is 30.3 Å². The van der Waals surface area contributed by atoms with E-state index in [2.05, 4.69) is 15.3 Å². The zero-order valence-electron chi connectivity index (χ0n) is 10.9. The number of hydrogen-bond donors (Lipinski definition) is 1. The van der Waals surface area contributed by atoms with Crippen LogP contribution in [0, 0.1) is 5.82 Å². The molecule has 8 heteroatoms. The lowest BCUT2D eigenvalue weighted by Crippen LogP contribution is -2.13. The van der Waals surface area contributed by atoms with Crippen LogP contribution in [0.3, 0.4) is 0 Å². The average molecular weight is 301 g/mol. The van der Waals surface area contributed by atoms with Gasteiger partial charge in [-0.3, -0.25) is 0 Å². The molecule has 1 aromatic carbocycles. The first-order valence-electron chi connectivity index (χ1n) is 6.02. The summed E-state index contributed by atoms with van der Waals surface area (Å²) in [5, 5.41) is 2.65. The normalized spacial score (nSPS) is 11.3. The second-order valence-electron chi connectivity index (χ2n) is 4.00. The minimum Gasteiger partial charge on any atom is -0.439 e. The lowest BCUT2D eigenvalue weighted by atomic mass is 10.3. The van der Waals surface area contributed by atoms with Gasteiger partial charge in [-0.2, -0.15) is 18.2 Å². The van der Waals surface area contributed by atoms with Gasteiger partial charge in [0.15, 0.2) is 0 Å². The maximum absolute atomic E-state index is 13.0. The molecule has 0 amide bonds. The number of ether oxygens (including phenoxy) is 1. The number of benzene rings is 1. The molecule has 2 rings (SSSR count). The molecule has 0 aliphatic carbocycles. The van der Waals surface area contributed by atoms with Gasteiger partial charge < -0.3 is 10.1 Å². The van der Waals surface area contributed by atoms with E-state index in [0.717, 1.165) is 6.07 Å². The Morgan fingerprint density at radius 3 is 2.57 bits per heavy atom. The van der Waals surface area contributed by atoms with E-state index in [0.29, 0.717) is 6.54 Å². The third-order valence-electron chi connectivity index (χ3n) is 2.33. The molecule has 0 unspecified atom stereocenters. The first-order chi connectivity index (χ1) is 9.88. The first kappa shape index (κ1) is 15.0. The van der Waals surface area contributed by atoms with Crippen LogP contribution < -0.4 is 10.1 Å². The summed E-state index contributed by atoms with van der Waals surface area (Å²) in [4.78, 5) is 6.64. The Morgan fingerprint density at radius 1 is 1.19 bits per heavy atom. The topological polar surface area (TPSA) is 47.0 Å². The average Bonchev–Trinajstić information content (AvgIpc) is 2.37. The van der Waals surface area contributed by atoms with Crippen molar-refractivity contribution in [2.75, 3.05) is 11.9 Å². The molecule has 112 valence electrons. The summed E-state index contributed by atoms with van der Waals surface area (Å²) >= 11 is 0. The van der Waals surface area contributed by atoms with Crippen LogP contribution in [0.25, 0.3) is 0 Å². The van der Waals surface area contributed by atoms with Crippen molar-refractivity contribution in [3.63, 3.8) is 0 Å². The smallest absolute Gasteiger partial charge is 0.439 e. The van der Waals surface area contributed by atoms with Crippen molar-refractivity contribution in [3.8, 4) is 11.6 Å². The minimum absolute atomic E-state index is 0.0220. The van der Waals surface area contributed by atoms with Crippen molar-refractivity contribution in [1.29, 1.82) is 0 Å². The van der Waals surface area contributed by atoms with Crippen LogP contribution in [0.5, 0.6) is 11.6 Å². The highest BCUT2D eigenvalue weighted by molar-refractivity contribution is 5.40. The lowest BCUT2D eigenvalue weighted by Gasteiger charge is -2.11. The number of nitrogens with one attached hydrogen (secondary N) is 1. The van der Waals surface area contributed by atoms with Crippen LogP contribution in [-0.4, -0.2) is 16.5 Å². The molecule has 0 atom stereocenters. The van der Waals surface area contributed by atoms with Crippen LogP contribution in [0.4, 0.5) is 23.4 Å². The second kappa shape index (κ2) is 5.94. The molecular formula is C13H11F4N3O. The highest BCUT2D eigenvalue weighted by Crippen LogP contribution is 2.30. The summed E-state index contributed by atoms with van der Waals surface area (Å²) in [6, 6.07) is 6.23. The van der Waals surface area contributed by atoms with E-state index in [-0.39, 0.29) is 17.4 Å². The molecule has 1 heterocycles. The maximum Gasteiger partial charge on any atom is 0.451 e. The Bertz CT molecular complexity index is 631. The second-order valence-corrected chi connectivity index (χ2v) is 4.00. The summed E-state index contributed by atoms with van der Waals surface area (Å²) in [7, 11) is 0. The zero-order chi connectivity index (χ0) is 15.5. The van der Waals surface area contributed by atoms with Gasteiger partial charge in [-0.05, 0) is 19.1 Å². The molecule has 0 aliphatic heterocycles. The quantitative estimate of drug-likeness (QED) is 0.871.